The van der Waals surface area contributed by atoms with Gasteiger partial charge in [0.15, 0.2) is 0 Å². The van der Waals surface area contributed by atoms with Crippen molar-refractivity contribution >= 4 is 5.69 Å². The van der Waals surface area contributed by atoms with Crippen LogP contribution in [-0.2, 0) is 6.61 Å². The van der Waals surface area contributed by atoms with Crippen LogP contribution in [0.3, 0.4) is 0 Å². The van der Waals surface area contributed by atoms with Crippen molar-refractivity contribution in [2.24, 2.45) is 0 Å². The number of anilines is 1. The molecule has 0 bridgehead atoms. The highest BCUT2D eigenvalue weighted by atomic mass is 16.3. The smallest absolute Gasteiger partial charge is 0.0852 e. The van der Waals surface area contributed by atoms with Crippen LogP contribution in [-0.4, -0.2) is 14.8 Å². The lowest BCUT2D eigenvalue weighted by molar-refractivity contribution is 0.273. The molecule has 2 aromatic rings. The lowest BCUT2D eigenvalue weighted by Gasteiger charge is -2.10. The van der Waals surface area contributed by atoms with E-state index in [1.54, 1.807) is 10.9 Å². The van der Waals surface area contributed by atoms with Gasteiger partial charge < -0.3 is 5.11 Å². The molecule has 2 heterocycles. The topological polar surface area (TPSA) is 50.1 Å². The zero-order chi connectivity index (χ0) is 10.7. The molecule has 4 nitrogen and oxygen atoms in total. The summed E-state index contributed by atoms with van der Waals surface area (Å²) in [7, 11) is 0. The van der Waals surface area contributed by atoms with Crippen molar-refractivity contribution < 1.29 is 5.11 Å². The molecule has 0 atom stereocenters. The maximum absolute atomic E-state index is 9.07. The number of nitrogens with zero attached hydrogens (tertiary/aromatic N) is 2. The van der Waals surface area contributed by atoms with E-state index in [1.807, 2.05) is 37.4 Å². The fraction of sp³-hybridized carbons (Fsp3) is 0.182. The second-order valence-electron chi connectivity index (χ2n) is 3.33. The SMILES string of the molecule is Cc1cc(Nn2cccc2CO)ccn1. The summed E-state index contributed by atoms with van der Waals surface area (Å²) in [5, 5.41) is 9.07. The Labute approximate surface area is 88.2 Å². The minimum Gasteiger partial charge on any atom is -0.390 e. The largest absolute Gasteiger partial charge is 0.390 e. The van der Waals surface area contributed by atoms with E-state index in [-0.39, 0.29) is 6.61 Å². The van der Waals surface area contributed by atoms with Crippen molar-refractivity contribution in [3.8, 4) is 0 Å². The maximum Gasteiger partial charge on any atom is 0.0852 e. The normalized spacial score (nSPS) is 10.3. The number of hydrogen-bond acceptors (Lipinski definition) is 3. The van der Waals surface area contributed by atoms with Gasteiger partial charge in [0, 0.05) is 18.1 Å². The molecule has 0 aliphatic carbocycles. The molecule has 4 heteroatoms. The van der Waals surface area contributed by atoms with Crippen molar-refractivity contribution in [1.29, 1.82) is 0 Å². The second-order valence-corrected chi connectivity index (χ2v) is 3.33. The zero-order valence-corrected chi connectivity index (χ0v) is 8.51. The van der Waals surface area contributed by atoms with Crippen molar-refractivity contribution in [2.75, 3.05) is 5.43 Å². The lowest BCUT2D eigenvalue weighted by atomic mass is 10.3. The molecule has 15 heavy (non-hydrogen) atoms. The summed E-state index contributed by atoms with van der Waals surface area (Å²) < 4.78 is 1.79. The van der Waals surface area contributed by atoms with Gasteiger partial charge in [0.25, 0.3) is 0 Å². The van der Waals surface area contributed by atoms with Crippen LogP contribution in [0, 0.1) is 6.92 Å². The van der Waals surface area contributed by atoms with Gasteiger partial charge >= 0.3 is 0 Å². The van der Waals surface area contributed by atoms with Gasteiger partial charge in [0.05, 0.1) is 18.0 Å². The number of aliphatic hydroxyl groups is 1. The van der Waals surface area contributed by atoms with Gasteiger partial charge in [0.2, 0.25) is 0 Å². The standard InChI is InChI=1S/C11H13N3O/c1-9-7-10(4-5-12-9)13-14-6-2-3-11(14)8-15/h2-7,15H,8H2,1H3,(H,12,13). The molecule has 2 N–H and O–H groups in total. The van der Waals surface area contributed by atoms with Gasteiger partial charge in [-0.2, -0.15) is 0 Å². The van der Waals surface area contributed by atoms with Crippen LogP contribution in [0.4, 0.5) is 5.69 Å². The number of hydrogen-bond donors (Lipinski definition) is 2. The molecule has 0 aliphatic heterocycles. The molecule has 0 fully saturated rings. The van der Waals surface area contributed by atoms with E-state index in [0.29, 0.717) is 0 Å². The lowest BCUT2D eigenvalue weighted by Crippen LogP contribution is -2.11. The third-order valence-corrected chi connectivity index (χ3v) is 2.14. The highest BCUT2D eigenvalue weighted by Crippen LogP contribution is 2.09. The molecule has 0 saturated carbocycles. The third-order valence-electron chi connectivity index (χ3n) is 2.14. The summed E-state index contributed by atoms with van der Waals surface area (Å²) in [6.07, 6.45) is 3.61. The highest BCUT2D eigenvalue weighted by molar-refractivity contribution is 5.43. The molecule has 0 spiro atoms. The van der Waals surface area contributed by atoms with Gasteiger partial charge in [-0.05, 0) is 31.2 Å². The maximum atomic E-state index is 9.07. The molecule has 78 valence electrons. The Hall–Kier alpha value is -1.81. The van der Waals surface area contributed by atoms with Gasteiger partial charge in [-0.1, -0.05) is 0 Å². The van der Waals surface area contributed by atoms with Gasteiger partial charge in [-0.15, -0.1) is 0 Å². The van der Waals surface area contributed by atoms with Crippen LogP contribution >= 0.6 is 0 Å². The zero-order valence-electron chi connectivity index (χ0n) is 8.51. The Kier molecular flexibility index (Phi) is 2.69. The monoisotopic (exact) mass is 203 g/mol. The minimum atomic E-state index is 0.0179. The molecular formula is C11H13N3O. The number of aromatic nitrogens is 2. The molecule has 2 aromatic heterocycles. The first-order valence-electron chi connectivity index (χ1n) is 4.76. The van der Waals surface area contributed by atoms with Gasteiger partial charge in [-0.25, -0.2) is 0 Å². The Morgan fingerprint density at radius 2 is 2.33 bits per heavy atom. The molecule has 0 unspecified atom stereocenters. The number of nitrogens with one attached hydrogen (secondary N) is 1. The summed E-state index contributed by atoms with van der Waals surface area (Å²) in [5.74, 6) is 0. The fourth-order valence-corrected chi connectivity index (χ4v) is 1.41. The van der Waals surface area contributed by atoms with E-state index in [4.69, 9.17) is 5.11 Å². The van der Waals surface area contributed by atoms with Crippen LogP contribution in [0.2, 0.25) is 0 Å². The van der Waals surface area contributed by atoms with E-state index in [0.717, 1.165) is 17.1 Å². The molecule has 2 rings (SSSR count). The molecule has 0 radical (unpaired) electrons. The summed E-state index contributed by atoms with van der Waals surface area (Å²) >= 11 is 0. The van der Waals surface area contributed by atoms with Crippen LogP contribution < -0.4 is 5.43 Å². The van der Waals surface area contributed by atoms with Crippen molar-refractivity contribution in [1.82, 2.24) is 9.66 Å². The Bertz CT molecular complexity index is 451. The fourth-order valence-electron chi connectivity index (χ4n) is 1.41. The second kappa shape index (κ2) is 4.14. The highest BCUT2D eigenvalue weighted by Gasteiger charge is 1.99. The predicted molar refractivity (Wildman–Crippen MR) is 58.3 cm³/mol. The van der Waals surface area contributed by atoms with E-state index in [1.165, 1.54) is 0 Å². The summed E-state index contributed by atoms with van der Waals surface area (Å²) in [6.45, 7) is 1.96. The van der Waals surface area contributed by atoms with Gasteiger partial charge in [-0.3, -0.25) is 15.1 Å². The number of pyridine rings is 1. The van der Waals surface area contributed by atoms with E-state index in [2.05, 4.69) is 10.4 Å². The Balaban J connectivity index is 2.22. The van der Waals surface area contributed by atoms with Gasteiger partial charge in [0.1, 0.15) is 0 Å². The molecule has 0 saturated heterocycles. The first-order valence-corrected chi connectivity index (χ1v) is 4.76. The molecular weight excluding hydrogens is 190 g/mol. The number of rotatable bonds is 3. The summed E-state index contributed by atoms with van der Waals surface area (Å²) in [6, 6.07) is 7.57. The first kappa shape index (κ1) is 9.73. The van der Waals surface area contributed by atoms with Crippen LogP contribution in [0.15, 0.2) is 36.7 Å². The Morgan fingerprint density at radius 1 is 1.47 bits per heavy atom. The summed E-state index contributed by atoms with van der Waals surface area (Å²) in [5.41, 5.74) is 5.89. The summed E-state index contributed by atoms with van der Waals surface area (Å²) in [4.78, 5) is 4.11. The van der Waals surface area contributed by atoms with Crippen LogP contribution in [0.5, 0.6) is 0 Å². The van der Waals surface area contributed by atoms with Crippen molar-refractivity contribution in [3.05, 3.63) is 48.0 Å². The Morgan fingerprint density at radius 3 is 3.07 bits per heavy atom. The van der Waals surface area contributed by atoms with E-state index in [9.17, 15) is 0 Å². The molecule has 0 aromatic carbocycles. The third kappa shape index (κ3) is 2.16. The van der Waals surface area contributed by atoms with E-state index >= 15 is 0 Å². The van der Waals surface area contributed by atoms with Crippen LogP contribution in [0.1, 0.15) is 11.4 Å². The van der Waals surface area contributed by atoms with Crippen molar-refractivity contribution in [3.63, 3.8) is 0 Å². The first-order chi connectivity index (χ1) is 7.29. The van der Waals surface area contributed by atoms with Crippen LogP contribution in [0.25, 0.3) is 0 Å². The average molecular weight is 203 g/mol. The average Bonchev–Trinajstić information content (AvgIpc) is 2.65. The number of aliphatic hydroxyl groups excluding tert-OH is 1. The van der Waals surface area contributed by atoms with E-state index < -0.39 is 0 Å². The minimum absolute atomic E-state index is 0.0179. The van der Waals surface area contributed by atoms with Crippen molar-refractivity contribution in [2.45, 2.75) is 13.5 Å². The molecule has 0 amide bonds. The quantitative estimate of drug-likeness (QED) is 0.796. The molecule has 0 aliphatic rings. The predicted octanol–water partition coefficient (Wildman–Crippen LogP) is 1.56. The number of aryl methyl sites for hydroxylation is 1.